The van der Waals surface area contributed by atoms with Gasteiger partial charge in [-0.2, -0.15) is 0 Å². The second-order valence-electron chi connectivity index (χ2n) is 3.82. The summed E-state index contributed by atoms with van der Waals surface area (Å²) >= 11 is 7.79. The van der Waals surface area contributed by atoms with Crippen LogP contribution >= 0.6 is 35.3 Å². The lowest BCUT2D eigenvalue weighted by molar-refractivity contribution is 0.321. The van der Waals surface area contributed by atoms with E-state index < -0.39 is 0 Å². The minimum absolute atomic E-state index is 0. The molecule has 2 N–H and O–H groups in total. The van der Waals surface area contributed by atoms with Gasteiger partial charge in [0.15, 0.2) is 0 Å². The van der Waals surface area contributed by atoms with Gasteiger partial charge in [-0.05, 0) is 36.9 Å². The predicted octanol–water partition coefficient (Wildman–Crippen LogP) is 2.60. The summed E-state index contributed by atoms with van der Waals surface area (Å²) in [5.41, 5.74) is 5.65. The summed E-state index contributed by atoms with van der Waals surface area (Å²) in [5.74, 6) is 0.689. The molecule has 0 spiro atoms. The number of thiophene rings is 1. The fourth-order valence-corrected chi connectivity index (χ4v) is 3.03. The highest BCUT2D eigenvalue weighted by molar-refractivity contribution is 7.10. The number of halogens is 2. The summed E-state index contributed by atoms with van der Waals surface area (Å²) in [6.45, 7) is 4.10. The molecule has 2 heterocycles. The molecule has 2 nitrogen and oxygen atoms in total. The molecule has 1 unspecified atom stereocenters. The van der Waals surface area contributed by atoms with E-state index in [4.69, 9.17) is 17.3 Å². The van der Waals surface area contributed by atoms with E-state index in [1.54, 1.807) is 11.3 Å². The fraction of sp³-hybridized carbons (Fsp3) is 0.600. The second kappa shape index (κ2) is 6.06. The largest absolute Gasteiger partial charge is 0.330 e. The van der Waals surface area contributed by atoms with Gasteiger partial charge in [-0.3, -0.25) is 4.90 Å². The van der Waals surface area contributed by atoms with Crippen LogP contribution in [0.15, 0.2) is 11.4 Å². The first-order valence-electron chi connectivity index (χ1n) is 4.94. The quantitative estimate of drug-likeness (QED) is 0.912. The highest BCUT2D eigenvalue weighted by Gasteiger charge is 2.21. The monoisotopic (exact) mass is 266 g/mol. The van der Waals surface area contributed by atoms with Crippen LogP contribution < -0.4 is 5.73 Å². The first-order valence-corrected chi connectivity index (χ1v) is 6.19. The smallest absolute Gasteiger partial charge is 0.0558 e. The van der Waals surface area contributed by atoms with E-state index in [1.165, 1.54) is 11.3 Å². The number of rotatable bonds is 3. The maximum absolute atomic E-state index is 6.05. The van der Waals surface area contributed by atoms with Gasteiger partial charge in [-0.15, -0.1) is 23.7 Å². The molecule has 1 aliphatic heterocycles. The van der Waals surface area contributed by atoms with Gasteiger partial charge in [0.2, 0.25) is 0 Å². The summed E-state index contributed by atoms with van der Waals surface area (Å²) in [5, 5.41) is 2.96. The first kappa shape index (κ1) is 13.3. The Kier molecular flexibility index (Phi) is 5.36. The fourth-order valence-electron chi connectivity index (χ4n) is 1.89. The Bertz CT molecular complexity index is 303. The summed E-state index contributed by atoms with van der Waals surface area (Å²) in [6, 6.07) is 1.97. The Morgan fingerprint density at radius 3 is 2.93 bits per heavy atom. The minimum atomic E-state index is 0. The third-order valence-corrected chi connectivity index (χ3v) is 4.13. The molecule has 1 aromatic rings. The molecular weight excluding hydrogens is 251 g/mol. The van der Waals surface area contributed by atoms with E-state index in [9.17, 15) is 0 Å². The highest BCUT2D eigenvalue weighted by Crippen LogP contribution is 2.26. The van der Waals surface area contributed by atoms with E-state index in [2.05, 4.69) is 4.90 Å². The van der Waals surface area contributed by atoms with Crippen molar-refractivity contribution in [3.05, 3.63) is 21.3 Å². The van der Waals surface area contributed by atoms with Crippen molar-refractivity contribution >= 4 is 35.3 Å². The molecule has 0 radical (unpaired) electrons. The van der Waals surface area contributed by atoms with Gasteiger partial charge >= 0.3 is 0 Å². The molecule has 1 atom stereocenters. The lowest BCUT2D eigenvalue weighted by atomic mass is 10.1. The van der Waals surface area contributed by atoms with Crippen molar-refractivity contribution in [3.63, 3.8) is 0 Å². The van der Waals surface area contributed by atoms with Crippen LogP contribution in [0.5, 0.6) is 0 Å². The molecule has 0 saturated carbocycles. The van der Waals surface area contributed by atoms with Crippen LogP contribution in [0, 0.1) is 5.92 Å². The Morgan fingerprint density at radius 2 is 2.40 bits per heavy atom. The number of likely N-dealkylation sites (tertiary alicyclic amines) is 1. The average molecular weight is 267 g/mol. The maximum atomic E-state index is 6.05. The van der Waals surface area contributed by atoms with Gasteiger partial charge in [-0.1, -0.05) is 11.6 Å². The summed E-state index contributed by atoms with van der Waals surface area (Å²) in [7, 11) is 0. The molecule has 1 fully saturated rings. The van der Waals surface area contributed by atoms with Crippen molar-refractivity contribution in [2.75, 3.05) is 19.6 Å². The summed E-state index contributed by atoms with van der Waals surface area (Å²) in [6.07, 6.45) is 1.24. The number of nitrogens with two attached hydrogens (primary N) is 1. The first-order chi connectivity index (χ1) is 6.79. The van der Waals surface area contributed by atoms with Gasteiger partial charge < -0.3 is 5.73 Å². The van der Waals surface area contributed by atoms with Gasteiger partial charge in [0.05, 0.1) is 5.02 Å². The molecule has 0 aliphatic carbocycles. The standard InChI is InChI=1S/C10H15ClN2S.ClH/c11-9-2-4-14-10(9)7-13-3-1-8(5-12)6-13;/h2,4,8H,1,3,5-7,12H2;1H. The van der Waals surface area contributed by atoms with Crippen LogP contribution in [-0.4, -0.2) is 24.5 Å². The van der Waals surface area contributed by atoms with E-state index in [0.29, 0.717) is 5.92 Å². The van der Waals surface area contributed by atoms with E-state index >= 15 is 0 Å². The number of hydrogen-bond donors (Lipinski definition) is 1. The van der Waals surface area contributed by atoms with Crippen molar-refractivity contribution in [1.29, 1.82) is 0 Å². The highest BCUT2D eigenvalue weighted by atomic mass is 35.5. The molecule has 1 saturated heterocycles. The van der Waals surface area contributed by atoms with Crippen LogP contribution in [0.3, 0.4) is 0 Å². The topological polar surface area (TPSA) is 29.3 Å². The van der Waals surface area contributed by atoms with Crippen LogP contribution in [0.1, 0.15) is 11.3 Å². The van der Waals surface area contributed by atoms with Crippen LogP contribution in [0.2, 0.25) is 5.02 Å². The van der Waals surface area contributed by atoms with Crippen molar-refractivity contribution in [3.8, 4) is 0 Å². The number of hydrogen-bond acceptors (Lipinski definition) is 3. The maximum Gasteiger partial charge on any atom is 0.0558 e. The number of nitrogens with zero attached hydrogens (tertiary/aromatic N) is 1. The van der Waals surface area contributed by atoms with Gasteiger partial charge in [0.25, 0.3) is 0 Å². The lowest BCUT2D eigenvalue weighted by Gasteiger charge is -2.14. The van der Waals surface area contributed by atoms with Crippen LogP contribution in [-0.2, 0) is 6.54 Å². The molecule has 86 valence electrons. The SMILES string of the molecule is Cl.NCC1CCN(Cc2sccc2Cl)C1. The Labute approximate surface area is 106 Å². The Balaban J connectivity index is 0.00000112. The zero-order valence-corrected chi connectivity index (χ0v) is 10.9. The van der Waals surface area contributed by atoms with Crippen LogP contribution in [0.4, 0.5) is 0 Å². The lowest BCUT2D eigenvalue weighted by Crippen LogP contribution is -2.22. The van der Waals surface area contributed by atoms with E-state index in [1.807, 2.05) is 11.4 Å². The Hall–Kier alpha value is 0.200. The van der Waals surface area contributed by atoms with Crippen molar-refractivity contribution in [1.82, 2.24) is 4.90 Å². The molecule has 1 aliphatic rings. The third kappa shape index (κ3) is 3.33. The van der Waals surface area contributed by atoms with E-state index in [0.717, 1.165) is 31.2 Å². The summed E-state index contributed by atoms with van der Waals surface area (Å²) in [4.78, 5) is 3.72. The van der Waals surface area contributed by atoms with Gasteiger partial charge in [-0.25, -0.2) is 0 Å². The van der Waals surface area contributed by atoms with Crippen molar-refractivity contribution < 1.29 is 0 Å². The molecule has 0 aromatic carbocycles. The van der Waals surface area contributed by atoms with Gasteiger partial charge in [0.1, 0.15) is 0 Å². The normalized spacial score (nSPS) is 21.6. The average Bonchev–Trinajstić information content (AvgIpc) is 2.77. The molecular formula is C10H16Cl2N2S. The molecule has 2 rings (SSSR count). The zero-order valence-electron chi connectivity index (χ0n) is 8.49. The van der Waals surface area contributed by atoms with Crippen molar-refractivity contribution in [2.24, 2.45) is 11.7 Å². The Morgan fingerprint density at radius 1 is 1.60 bits per heavy atom. The van der Waals surface area contributed by atoms with Crippen LogP contribution in [0.25, 0.3) is 0 Å². The minimum Gasteiger partial charge on any atom is -0.330 e. The summed E-state index contributed by atoms with van der Waals surface area (Å²) < 4.78 is 0. The van der Waals surface area contributed by atoms with Crippen molar-refractivity contribution in [2.45, 2.75) is 13.0 Å². The van der Waals surface area contributed by atoms with E-state index in [-0.39, 0.29) is 12.4 Å². The second-order valence-corrected chi connectivity index (χ2v) is 5.23. The zero-order chi connectivity index (χ0) is 9.97. The molecule has 5 heteroatoms. The molecule has 1 aromatic heterocycles. The predicted molar refractivity (Wildman–Crippen MR) is 69.0 cm³/mol. The molecule has 0 bridgehead atoms. The van der Waals surface area contributed by atoms with Gasteiger partial charge in [0, 0.05) is 18.0 Å². The third-order valence-electron chi connectivity index (χ3n) is 2.76. The molecule has 15 heavy (non-hydrogen) atoms. The molecule has 0 amide bonds.